The molecule has 0 bridgehead atoms. The molecule has 1 fully saturated rings. The van der Waals surface area contributed by atoms with Crippen LogP contribution in [0.5, 0.6) is 11.5 Å². The van der Waals surface area contributed by atoms with Crippen LogP contribution in [0.25, 0.3) is 6.08 Å². The summed E-state index contributed by atoms with van der Waals surface area (Å²) in [4.78, 5) is 38.9. The average molecular weight is 519 g/mol. The summed E-state index contributed by atoms with van der Waals surface area (Å²) in [5.74, 6) is -0.0181. The number of rotatable bonds is 8. The number of ether oxygens (including phenoxy) is 2. The maximum Gasteiger partial charge on any atom is 0.293 e. The van der Waals surface area contributed by atoms with E-state index >= 15 is 0 Å². The van der Waals surface area contributed by atoms with Crippen molar-refractivity contribution in [2.45, 2.75) is 6.61 Å². The lowest BCUT2D eigenvalue weighted by atomic mass is 10.1. The quantitative estimate of drug-likeness (QED) is 0.278. The molecular formula is C27H19ClN2O5S. The standard InChI is InChI=1S/C27H19ClN2O5S/c1-34-24-12-17(6-11-23(24)35-16-20-5-3-2-4-19(20)14-29)13-25-26(32)30(27(33)36-25)15-22(31)18-7-9-21(28)10-8-18/h2-13H,15-16H2,1H3/b25-13-. The molecule has 7 nitrogen and oxygen atoms in total. The van der Waals surface area contributed by atoms with Crippen LogP contribution in [0.3, 0.4) is 0 Å². The zero-order chi connectivity index (χ0) is 25.7. The van der Waals surface area contributed by atoms with E-state index in [1.54, 1.807) is 60.7 Å². The lowest BCUT2D eigenvalue weighted by Crippen LogP contribution is -2.33. The Morgan fingerprint density at radius 2 is 1.83 bits per heavy atom. The topological polar surface area (TPSA) is 96.7 Å². The summed E-state index contributed by atoms with van der Waals surface area (Å²) in [6.07, 6.45) is 1.56. The lowest BCUT2D eigenvalue weighted by molar-refractivity contribution is -0.122. The molecule has 0 spiro atoms. The first-order chi connectivity index (χ1) is 17.4. The number of hydrogen-bond donors (Lipinski definition) is 0. The molecule has 180 valence electrons. The van der Waals surface area contributed by atoms with Crippen LogP contribution >= 0.6 is 23.4 Å². The van der Waals surface area contributed by atoms with E-state index in [9.17, 15) is 19.6 Å². The SMILES string of the molecule is COc1cc(/C=C2\SC(=O)N(CC(=O)c3ccc(Cl)cc3)C2=O)ccc1OCc1ccccc1C#N. The molecule has 0 unspecified atom stereocenters. The summed E-state index contributed by atoms with van der Waals surface area (Å²) in [6, 6.07) is 20.6. The highest BCUT2D eigenvalue weighted by Gasteiger charge is 2.36. The molecule has 2 amide bonds. The van der Waals surface area contributed by atoms with Gasteiger partial charge < -0.3 is 9.47 Å². The summed E-state index contributed by atoms with van der Waals surface area (Å²) in [6.45, 7) is -0.177. The van der Waals surface area contributed by atoms with E-state index in [1.165, 1.54) is 7.11 Å². The maximum atomic E-state index is 12.8. The molecule has 9 heteroatoms. The van der Waals surface area contributed by atoms with Crippen LogP contribution in [-0.4, -0.2) is 35.5 Å². The van der Waals surface area contributed by atoms with Gasteiger partial charge in [0.25, 0.3) is 11.1 Å². The highest BCUT2D eigenvalue weighted by molar-refractivity contribution is 8.18. The van der Waals surface area contributed by atoms with Gasteiger partial charge in [0.15, 0.2) is 17.3 Å². The molecule has 0 aliphatic carbocycles. The molecule has 4 rings (SSSR count). The Bertz CT molecular complexity index is 1410. The van der Waals surface area contributed by atoms with E-state index in [2.05, 4.69) is 6.07 Å². The first-order valence-corrected chi connectivity index (χ1v) is 11.9. The third-order valence-corrected chi connectivity index (χ3v) is 6.51. The van der Waals surface area contributed by atoms with Gasteiger partial charge in [0.1, 0.15) is 6.61 Å². The molecule has 0 saturated carbocycles. The second-order valence-corrected chi connectivity index (χ2v) is 9.10. The Morgan fingerprint density at radius 1 is 1.08 bits per heavy atom. The van der Waals surface area contributed by atoms with Crippen molar-refractivity contribution in [3.63, 3.8) is 0 Å². The van der Waals surface area contributed by atoms with Crippen molar-refractivity contribution in [2.24, 2.45) is 0 Å². The summed E-state index contributed by atoms with van der Waals surface area (Å²) in [7, 11) is 1.49. The minimum Gasteiger partial charge on any atom is -0.493 e. The van der Waals surface area contributed by atoms with Gasteiger partial charge in [-0.15, -0.1) is 0 Å². The molecule has 1 heterocycles. The summed E-state index contributed by atoms with van der Waals surface area (Å²) in [5.41, 5.74) is 2.25. The van der Waals surface area contributed by atoms with Crippen LogP contribution in [0.2, 0.25) is 5.02 Å². The van der Waals surface area contributed by atoms with E-state index in [0.717, 1.165) is 22.2 Å². The van der Waals surface area contributed by atoms with Gasteiger partial charge in [-0.25, -0.2) is 0 Å². The van der Waals surface area contributed by atoms with Crippen molar-refractivity contribution < 1.29 is 23.9 Å². The van der Waals surface area contributed by atoms with Crippen molar-refractivity contribution >= 4 is 46.4 Å². The first kappa shape index (κ1) is 25.0. The van der Waals surface area contributed by atoms with E-state index in [1.807, 2.05) is 12.1 Å². The normalized spacial score (nSPS) is 14.1. The van der Waals surface area contributed by atoms with E-state index in [4.69, 9.17) is 21.1 Å². The number of nitrogens with zero attached hydrogens (tertiary/aromatic N) is 2. The van der Waals surface area contributed by atoms with Crippen LogP contribution in [0.1, 0.15) is 27.0 Å². The molecule has 0 atom stereocenters. The first-order valence-electron chi connectivity index (χ1n) is 10.7. The Labute approximate surface area is 216 Å². The molecule has 3 aromatic rings. The fraction of sp³-hybridized carbons (Fsp3) is 0.111. The highest BCUT2D eigenvalue weighted by atomic mass is 35.5. The molecule has 0 N–H and O–H groups in total. The molecule has 1 aliphatic rings. The van der Waals surface area contributed by atoms with E-state index in [-0.39, 0.29) is 23.8 Å². The van der Waals surface area contributed by atoms with Gasteiger partial charge in [-0.05, 0) is 65.9 Å². The number of thioether (sulfide) groups is 1. The van der Waals surface area contributed by atoms with Gasteiger partial charge in [0.2, 0.25) is 0 Å². The van der Waals surface area contributed by atoms with Crippen LogP contribution in [0.15, 0.2) is 71.6 Å². The summed E-state index contributed by atoms with van der Waals surface area (Å²) in [5, 5.41) is 9.21. The number of imide groups is 1. The minimum atomic E-state index is -0.542. The van der Waals surface area contributed by atoms with E-state index in [0.29, 0.717) is 33.2 Å². The zero-order valence-corrected chi connectivity index (χ0v) is 20.6. The van der Waals surface area contributed by atoms with Gasteiger partial charge >= 0.3 is 0 Å². The molecule has 1 saturated heterocycles. The van der Waals surface area contributed by atoms with Crippen molar-refractivity contribution in [1.82, 2.24) is 4.90 Å². The fourth-order valence-electron chi connectivity index (χ4n) is 3.46. The number of nitriles is 1. The van der Waals surface area contributed by atoms with Crippen molar-refractivity contribution in [3.05, 3.63) is 98.9 Å². The van der Waals surface area contributed by atoms with Crippen LogP contribution in [0.4, 0.5) is 4.79 Å². The highest BCUT2D eigenvalue weighted by Crippen LogP contribution is 2.35. The van der Waals surface area contributed by atoms with Crippen LogP contribution in [0, 0.1) is 11.3 Å². The Hall–Kier alpha value is -4.06. The van der Waals surface area contributed by atoms with Crippen molar-refractivity contribution in [2.75, 3.05) is 13.7 Å². The Balaban J connectivity index is 1.47. The Morgan fingerprint density at radius 3 is 2.56 bits per heavy atom. The molecule has 0 aromatic heterocycles. The molecule has 36 heavy (non-hydrogen) atoms. The van der Waals surface area contributed by atoms with Gasteiger partial charge in [-0.2, -0.15) is 5.26 Å². The number of carbonyl (C=O) groups excluding carboxylic acids is 3. The zero-order valence-electron chi connectivity index (χ0n) is 19.1. The number of Topliss-reactive ketones (excluding diaryl/α,β-unsaturated/α-hetero) is 1. The summed E-state index contributed by atoms with van der Waals surface area (Å²) >= 11 is 6.62. The second-order valence-electron chi connectivity index (χ2n) is 7.67. The van der Waals surface area contributed by atoms with Crippen molar-refractivity contribution in [3.8, 4) is 17.6 Å². The van der Waals surface area contributed by atoms with Gasteiger partial charge in [0.05, 0.1) is 30.2 Å². The smallest absolute Gasteiger partial charge is 0.293 e. The van der Waals surface area contributed by atoms with Gasteiger partial charge in [-0.3, -0.25) is 19.3 Å². The van der Waals surface area contributed by atoms with Gasteiger partial charge in [-0.1, -0.05) is 35.9 Å². The molecule has 3 aromatic carbocycles. The molecular weight excluding hydrogens is 500 g/mol. The Kier molecular flexibility index (Phi) is 7.74. The number of methoxy groups -OCH3 is 1. The van der Waals surface area contributed by atoms with Gasteiger partial charge in [0, 0.05) is 16.1 Å². The monoisotopic (exact) mass is 518 g/mol. The van der Waals surface area contributed by atoms with Crippen LogP contribution in [-0.2, 0) is 11.4 Å². The third kappa shape index (κ3) is 5.60. The average Bonchev–Trinajstić information content (AvgIpc) is 3.15. The largest absolute Gasteiger partial charge is 0.493 e. The number of amides is 2. The summed E-state index contributed by atoms with van der Waals surface area (Å²) < 4.78 is 11.3. The number of halogens is 1. The van der Waals surface area contributed by atoms with Crippen LogP contribution < -0.4 is 9.47 Å². The molecule has 0 radical (unpaired) electrons. The number of carbonyl (C=O) groups is 3. The fourth-order valence-corrected chi connectivity index (χ4v) is 4.43. The number of hydrogen-bond acceptors (Lipinski definition) is 7. The van der Waals surface area contributed by atoms with Crippen molar-refractivity contribution in [1.29, 1.82) is 5.26 Å². The number of ketones is 1. The maximum absolute atomic E-state index is 12.8. The molecule has 1 aliphatic heterocycles. The predicted molar refractivity (Wildman–Crippen MR) is 137 cm³/mol. The second kappa shape index (κ2) is 11.1. The predicted octanol–water partition coefficient (Wildman–Crippen LogP) is 5.72. The minimum absolute atomic E-state index is 0.181. The third-order valence-electron chi connectivity index (χ3n) is 5.35. The number of benzene rings is 3. The van der Waals surface area contributed by atoms with E-state index < -0.39 is 11.1 Å². The lowest BCUT2D eigenvalue weighted by Gasteiger charge is -2.12.